The summed E-state index contributed by atoms with van der Waals surface area (Å²) in [5.74, 6) is 1.69. The smallest absolute Gasteiger partial charge is 0.224 e. The van der Waals surface area contributed by atoms with Crippen molar-refractivity contribution in [2.75, 3.05) is 39.0 Å². The molecular formula is C17H35IN4OS. The Bertz CT molecular complexity index is 404. The Morgan fingerprint density at radius 3 is 2.67 bits per heavy atom. The summed E-state index contributed by atoms with van der Waals surface area (Å²) in [6.07, 6.45) is 5.01. The minimum absolute atomic E-state index is 0. The first kappa shape index (κ1) is 23.8. The quantitative estimate of drug-likeness (QED) is 0.341. The van der Waals surface area contributed by atoms with E-state index in [1.165, 1.54) is 6.42 Å². The minimum Gasteiger partial charge on any atom is -0.357 e. The summed E-state index contributed by atoms with van der Waals surface area (Å²) >= 11 is 1.81. The van der Waals surface area contributed by atoms with Crippen molar-refractivity contribution in [2.24, 2.45) is 10.9 Å². The summed E-state index contributed by atoms with van der Waals surface area (Å²) in [7, 11) is 0. The molecule has 0 spiro atoms. The molecule has 0 aliphatic carbocycles. The number of thioether (sulfide) groups is 1. The van der Waals surface area contributed by atoms with Crippen molar-refractivity contribution in [2.45, 2.75) is 51.7 Å². The van der Waals surface area contributed by atoms with Gasteiger partial charge in [-0.3, -0.25) is 9.79 Å². The number of aliphatic imine (C=N–C) groups is 1. The lowest BCUT2D eigenvalue weighted by Gasteiger charge is -2.31. The van der Waals surface area contributed by atoms with Crippen molar-refractivity contribution < 1.29 is 4.79 Å². The van der Waals surface area contributed by atoms with Gasteiger partial charge >= 0.3 is 0 Å². The van der Waals surface area contributed by atoms with Crippen LogP contribution in [0, 0.1) is 5.92 Å². The second kappa shape index (κ2) is 12.2. The zero-order valence-corrected chi connectivity index (χ0v) is 19.0. The number of rotatable bonds is 7. The largest absolute Gasteiger partial charge is 0.357 e. The van der Waals surface area contributed by atoms with Gasteiger partial charge in [-0.1, -0.05) is 6.92 Å². The van der Waals surface area contributed by atoms with Crippen molar-refractivity contribution in [1.82, 2.24) is 15.5 Å². The third-order valence-corrected chi connectivity index (χ3v) is 5.39. The van der Waals surface area contributed by atoms with E-state index in [-0.39, 0.29) is 34.6 Å². The SMILES string of the molecule is CCNC(=NCC(C)(C)SC)NCCC(=O)N1CCCC(C)C1.I. The molecule has 7 heteroatoms. The fourth-order valence-corrected chi connectivity index (χ4v) is 2.73. The molecule has 0 aromatic heterocycles. The predicted molar refractivity (Wildman–Crippen MR) is 117 cm³/mol. The van der Waals surface area contributed by atoms with Crippen LogP contribution in [0.25, 0.3) is 0 Å². The van der Waals surface area contributed by atoms with Gasteiger partial charge in [-0.2, -0.15) is 11.8 Å². The Morgan fingerprint density at radius 2 is 2.08 bits per heavy atom. The Balaban J connectivity index is 0.00000529. The van der Waals surface area contributed by atoms with Crippen molar-refractivity contribution >= 4 is 47.6 Å². The van der Waals surface area contributed by atoms with Crippen molar-refractivity contribution in [3.05, 3.63) is 0 Å². The van der Waals surface area contributed by atoms with Crippen LogP contribution in [0.5, 0.6) is 0 Å². The second-order valence-electron chi connectivity index (χ2n) is 6.92. The number of likely N-dealkylation sites (tertiary alicyclic amines) is 1. The second-order valence-corrected chi connectivity index (χ2v) is 8.44. The lowest BCUT2D eigenvalue weighted by atomic mass is 10.00. The first-order chi connectivity index (χ1) is 10.9. The van der Waals surface area contributed by atoms with E-state index in [2.05, 4.69) is 49.6 Å². The normalized spacial score (nSPS) is 18.8. The van der Waals surface area contributed by atoms with E-state index in [0.717, 1.165) is 38.6 Å². The molecule has 0 radical (unpaired) electrons. The molecule has 24 heavy (non-hydrogen) atoms. The van der Waals surface area contributed by atoms with Crippen LogP contribution in [0.4, 0.5) is 0 Å². The average Bonchev–Trinajstić information content (AvgIpc) is 2.52. The van der Waals surface area contributed by atoms with Crippen LogP contribution in [0.2, 0.25) is 0 Å². The number of amides is 1. The van der Waals surface area contributed by atoms with E-state index in [9.17, 15) is 4.79 Å². The molecule has 0 bridgehead atoms. The predicted octanol–water partition coefficient (Wildman–Crippen LogP) is 2.95. The van der Waals surface area contributed by atoms with Gasteiger partial charge in [-0.05, 0) is 45.8 Å². The fraction of sp³-hybridized carbons (Fsp3) is 0.882. The molecule has 1 saturated heterocycles. The molecule has 0 aromatic rings. The van der Waals surface area contributed by atoms with Crippen LogP contribution in [-0.4, -0.2) is 60.5 Å². The van der Waals surface area contributed by atoms with E-state index in [0.29, 0.717) is 18.9 Å². The lowest BCUT2D eigenvalue weighted by Crippen LogP contribution is -2.43. The van der Waals surface area contributed by atoms with Gasteiger partial charge in [0.25, 0.3) is 0 Å². The van der Waals surface area contributed by atoms with Gasteiger partial charge in [0.15, 0.2) is 5.96 Å². The molecule has 1 fully saturated rings. The first-order valence-corrected chi connectivity index (χ1v) is 9.95. The molecule has 2 N–H and O–H groups in total. The molecular weight excluding hydrogens is 435 g/mol. The highest BCUT2D eigenvalue weighted by molar-refractivity contribution is 14.0. The number of nitrogens with one attached hydrogen (secondary N) is 2. The van der Waals surface area contributed by atoms with Gasteiger partial charge in [0.05, 0.1) is 6.54 Å². The topological polar surface area (TPSA) is 56.7 Å². The first-order valence-electron chi connectivity index (χ1n) is 8.73. The lowest BCUT2D eigenvalue weighted by molar-refractivity contribution is -0.132. The van der Waals surface area contributed by atoms with Crippen LogP contribution in [0.1, 0.15) is 47.0 Å². The number of hydrogen-bond acceptors (Lipinski definition) is 3. The number of halogens is 1. The third kappa shape index (κ3) is 9.34. The summed E-state index contributed by atoms with van der Waals surface area (Å²) in [6, 6.07) is 0. The Kier molecular flexibility index (Phi) is 12.1. The summed E-state index contributed by atoms with van der Waals surface area (Å²) in [5.41, 5.74) is 0. The van der Waals surface area contributed by atoms with Crippen LogP contribution < -0.4 is 10.6 Å². The number of hydrogen-bond donors (Lipinski definition) is 2. The van der Waals surface area contributed by atoms with Gasteiger partial charge in [0, 0.05) is 37.3 Å². The zero-order chi connectivity index (χ0) is 17.3. The summed E-state index contributed by atoms with van der Waals surface area (Å²) in [6.45, 7) is 12.7. The van der Waals surface area contributed by atoms with Crippen LogP contribution in [-0.2, 0) is 4.79 Å². The summed E-state index contributed by atoms with van der Waals surface area (Å²) in [5, 5.41) is 6.53. The van der Waals surface area contributed by atoms with Gasteiger partial charge < -0.3 is 15.5 Å². The Labute approximate surface area is 169 Å². The summed E-state index contributed by atoms with van der Waals surface area (Å²) < 4.78 is 0.127. The highest BCUT2D eigenvalue weighted by Gasteiger charge is 2.20. The molecule has 1 unspecified atom stereocenters. The van der Waals surface area contributed by atoms with Gasteiger partial charge in [-0.15, -0.1) is 24.0 Å². The molecule has 1 aliphatic heterocycles. The standard InChI is InChI=1S/C17H34N4OS.HI/c1-6-18-16(20-13-17(3,4)23-5)19-10-9-15(22)21-11-7-8-14(2)12-21;/h14H,6-13H2,1-5H3,(H2,18,19,20);1H. The third-order valence-electron chi connectivity index (χ3n) is 4.16. The van der Waals surface area contributed by atoms with E-state index >= 15 is 0 Å². The van der Waals surface area contributed by atoms with Gasteiger partial charge in [0.1, 0.15) is 0 Å². The Morgan fingerprint density at radius 1 is 1.38 bits per heavy atom. The highest BCUT2D eigenvalue weighted by atomic mass is 127. The maximum absolute atomic E-state index is 12.3. The number of nitrogens with zero attached hydrogens (tertiary/aromatic N) is 2. The molecule has 1 aliphatic rings. The van der Waals surface area contributed by atoms with Gasteiger partial charge in [-0.25, -0.2) is 0 Å². The number of piperidine rings is 1. The monoisotopic (exact) mass is 470 g/mol. The molecule has 0 aromatic carbocycles. The zero-order valence-electron chi connectivity index (χ0n) is 15.9. The maximum atomic E-state index is 12.3. The number of carbonyl (C=O) groups is 1. The molecule has 5 nitrogen and oxygen atoms in total. The van der Waals surface area contributed by atoms with E-state index in [1.54, 1.807) is 0 Å². The van der Waals surface area contributed by atoms with Gasteiger partial charge in [0.2, 0.25) is 5.91 Å². The molecule has 1 rings (SSSR count). The molecule has 1 heterocycles. The van der Waals surface area contributed by atoms with Crippen molar-refractivity contribution in [3.63, 3.8) is 0 Å². The van der Waals surface area contributed by atoms with Crippen LogP contribution >= 0.6 is 35.7 Å². The fourth-order valence-electron chi connectivity index (χ4n) is 2.54. The average molecular weight is 470 g/mol. The van der Waals surface area contributed by atoms with Crippen LogP contribution in [0.15, 0.2) is 4.99 Å². The minimum atomic E-state index is 0. The molecule has 1 atom stereocenters. The Hall–Kier alpha value is -0.180. The maximum Gasteiger partial charge on any atom is 0.224 e. The van der Waals surface area contributed by atoms with E-state index in [4.69, 9.17) is 0 Å². The highest BCUT2D eigenvalue weighted by Crippen LogP contribution is 2.21. The summed E-state index contributed by atoms with van der Waals surface area (Å²) in [4.78, 5) is 18.9. The van der Waals surface area contributed by atoms with E-state index in [1.807, 2.05) is 16.7 Å². The number of carbonyl (C=O) groups excluding carboxylic acids is 1. The molecule has 0 saturated carbocycles. The van der Waals surface area contributed by atoms with E-state index < -0.39 is 0 Å². The molecule has 1 amide bonds. The number of guanidine groups is 1. The van der Waals surface area contributed by atoms with Crippen molar-refractivity contribution in [1.29, 1.82) is 0 Å². The van der Waals surface area contributed by atoms with Crippen molar-refractivity contribution in [3.8, 4) is 0 Å². The van der Waals surface area contributed by atoms with Crippen LogP contribution in [0.3, 0.4) is 0 Å². The molecule has 142 valence electrons.